The summed E-state index contributed by atoms with van der Waals surface area (Å²) in [5.41, 5.74) is 7.76. The number of thiophene rings is 1. The number of rotatable bonds is 3. The van der Waals surface area contributed by atoms with E-state index in [1.807, 2.05) is 24.3 Å². The highest BCUT2D eigenvalue weighted by Crippen LogP contribution is 2.33. The fourth-order valence-electron chi connectivity index (χ4n) is 3.33. The number of thioether (sulfide) groups is 1. The van der Waals surface area contributed by atoms with Crippen LogP contribution in [0.2, 0.25) is 0 Å². The molecule has 0 spiro atoms. The number of aryl methyl sites for hydroxylation is 2. The molecule has 30 heavy (non-hydrogen) atoms. The first kappa shape index (κ1) is 19.2. The lowest BCUT2D eigenvalue weighted by molar-refractivity contribution is -0.115. The number of carbonyl (C=O) groups excluding carboxylic acids is 1. The molecule has 1 amide bonds. The van der Waals surface area contributed by atoms with Crippen LogP contribution in [0.15, 0.2) is 52.7 Å². The molecule has 0 radical (unpaired) electrons. The number of H-pyrrole nitrogens is 1. The van der Waals surface area contributed by atoms with Crippen molar-refractivity contribution in [1.82, 2.24) is 15.3 Å². The standard InChI is InChI=1S/C23H17N3OS3/c1-12-3-5-15(7-13(12)2)16-10-19(29-11-16)21-24-17-6-4-14(8-18(17)25-21)9-20-22(27)26-23(28)30-20/h3-11H,1-2H3,(H,24,25)(H,26,27,28). The van der Waals surface area contributed by atoms with Gasteiger partial charge in [0.1, 0.15) is 10.1 Å². The molecule has 2 aromatic heterocycles. The first-order chi connectivity index (χ1) is 14.5. The van der Waals surface area contributed by atoms with Gasteiger partial charge in [-0.1, -0.05) is 48.2 Å². The van der Waals surface area contributed by atoms with Crippen molar-refractivity contribution in [3.63, 3.8) is 0 Å². The van der Waals surface area contributed by atoms with Gasteiger partial charge in [0.05, 0.1) is 20.8 Å². The molecule has 4 aromatic rings. The van der Waals surface area contributed by atoms with Gasteiger partial charge in [0.25, 0.3) is 5.91 Å². The number of nitrogens with one attached hydrogen (secondary N) is 2. The third-order valence-electron chi connectivity index (χ3n) is 5.12. The number of fused-ring (bicyclic) bond motifs is 1. The molecule has 4 nitrogen and oxygen atoms in total. The zero-order valence-corrected chi connectivity index (χ0v) is 18.7. The monoisotopic (exact) mass is 447 g/mol. The Bertz CT molecular complexity index is 1360. The van der Waals surface area contributed by atoms with Gasteiger partial charge in [0.2, 0.25) is 0 Å². The normalized spacial score (nSPS) is 15.3. The highest BCUT2D eigenvalue weighted by molar-refractivity contribution is 8.26. The van der Waals surface area contributed by atoms with Crippen LogP contribution in [0.4, 0.5) is 0 Å². The van der Waals surface area contributed by atoms with Crippen molar-refractivity contribution in [1.29, 1.82) is 0 Å². The Morgan fingerprint density at radius 2 is 1.90 bits per heavy atom. The van der Waals surface area contributed by atoms with Crippen molar-refractivity contribution in [2.75, 3.05) is 0 Å². The Morgan fingerprint density at radius 1 is 1.03 bits per heavy atom. The molecule has 0 unspecified atom stereocenters. The Balaban J connectivity index is 1.46. The molecule has 2 aromatic carbocycles. The number of aromatic nitrogens is 2. The van der Waals surface area contributed by atoms with Crippen LogP contribution in [0.3, 0.4) is 0 Å². The fourth-order valence-corrected chi connectivity index (χ4v) is 5.24. The Hall–Kier alpha value is -2.74. The lowest BCUT2D eigenvalue weighted by Crippen LogP contribution is -2.17. The molecular weight excluding hydrogens is 430 g/mol. The number of amides is 1. The van der Waals surface area contributed by atoms with E-state index in [0.29, 0.717) is 9.23 Å². The van der Waals surface area contributed by atoms with Gasteiger partial charge in [-0.05, 0) is 71.3 Å². The van der Waals surface area contributed by atoms with Crippen LogP contribution < -0.4 is 5.32 Å². The molecule has 7 heteroatoms. The Labute approximate surface area is 187 Å². The Kier molecular flexibility index (Phi) is 4.81. The van der Waals surface area contributed by atoms with Crippen molar-refractivity contribution >= 4 is 62.7 Å². The van der Waals surface area contributed by atoms with Crippen molar-refractivity contribution in [3.8, 4) is 21.8 Å². The van der Waals surface area contributed by atoms with Crippen molar-refractivity contribution in [3.05, 3.63) is 69.4 Å². The van der Waals surface area contributed by atoms with Crippen molar-refractivity contribution < 1.29 is 4.79 Å². The van der Waals surface area contributed by atoms with Crippen molar-refractivity contribution in [2.45, 2.75) is 13.8 Å². The quantitative estimate of drug-likeness (QED) is 0.296. The van der Waals surface area contributed by atoms with Crippen LogP contribution in [0.1, 0.15) is 16.7 Å². The van der Waals surface area contributed by atoms with E-state index in [1.54, 1.807) is 11.3 Å². The molecular formula is C23H17N3OS3. The molecule has 2 N–H and O–H groups in total. The highest BCUT2D eigenvalue weighted by Gasteiger charge is 2.22. The maximum absolute atomic E-state index is 11.9. The number of imidazole rings is 1. The molecule has 1 fully saturated rings. The summed E-state index contributed by atoms with van der Waals surface area (Å²) in [7, 11) is 0. The summed E-state index contributed by atoms with van der Waals surface area (Å²) in [5.74, 6) is 0.703. The fraction of sp³-hybridized carbons (Fsp3) is 0.0870. The van der Waals surface area contributed by atoms with Crippen LogP contribution in [0, 0.1) is 13.8 Å². The summed E-state index contributed by atoms with van der Waals surface area (Å²) in [5, 5.41) is 4.81. The minimum absolute atomic E-state index is 0.148. The van der Waals surface area contributed by atoms with Crippen LogP contribution in [0.5, 0.6) is 0 Å². The van der Waals surface area contributed by atoms with E-state index in [2.05, 4.69) is 53.8 Å². The van der Waals surface area contributed by atoms with Crippen molar-refractivity contribution in [2.24, 2.45) is 0 Å². The number of carbonyl (C=O) groups is 1. The van der Waals surface area contributed by atoms with Crippen LogP contribution >= 0.6 is 35.3 Å². The average Bonchev–Trinajstić information content (AvgIpc) is 3.42. The first-order valence-electron chi connectivity index (χ1n) is 9.37. The van der Waals surface area contributed by atoms with E-state index in [4.69, 9.17) is 17.2 Å². The number of nitrogens with zero attached hydrogens (tertiary/aromatic N) is 1. The second-order valence-corrected chi connectivity index (χ2v) is 9.84. The lowest BCUT2D eigenvalue weighted by atomic mass is 10.0. The second-order valence-electron chi connectivity index (χ2n) is 7.21. The summed E-state index contributed by atoms with van der Waals surface area (Å²) in [4.78, 5) is 21.8. The van der Waals surface area contributed by atoms with Gasteiger partial charge in [-0.25, -0.2) is 4.98 Å². The van der Waals surface area contributed by atoms with E-state index >= 15 is 0 Å². The van der Waals surface area contributed by atoms with Gasteiger partial charge in [-0.2, -0.15) is 0 Å². The molecule has 3 heterocycles. The third-order valence-corrected chi connectivity index (χ3v) is 7.22. The molecule has 0 bridgehead atoms. The lowest BCUT2D eigenvalue weighted by Gasteiger charge is -2.02. The van der Waals surface area contributed by atoms with Gasteiger partial charge in [0, 0.05) is 0 Å². The number of thiocarbonyl (C=S) groups is 1. The molecule has 1 saturated heterocycles. The van der Waals surface area contributed by atoms with Crippen LogP contribution in [-0.2, 0) is 4.79 Å². The SMILES string of the molecule is Cc1ccc(-c2csc(-c3nc4cc(C=C5SC(=S)NC5=O)ccc4[nH]3)c2)cc1C. The number of benzene rings is 2. The van der Waals surface area contributed by atoms with Gasteiger partial charge in [-0.15, -0.1) is 11.3 Å². The maximum atomic E-state index is 11.9. The molecule has 5 rings (SSSR count). The summed E-state index contributed by atoms with van der Waals surface area (Å²) >= 11 is 8.01. The largest absolute Gasteiger partial charge is 0.337 e. The number of hydrogen-bond acceptors (Lipinski definition) is 5. The van der Waals surface area contributed by atoms with Crippen LogP contribution in [-0.4, -0.2) is 20.2 Å². The molecule has 148 valence electrons. The van der Waals surface area contributed by atoms with Gasteiger partial charge in [-0.3, -0.25) is 4.79 Å². The van der Waals surface area contributed by atoms with Gasteiger partial charge >= 0.3 is 0 Å². The summed E-state index contributed by atoms with van der Waals surface area (Å²) in [6.45, 7) is 4.27. The van der Waals surface area contributed by atoms with Gasteiger partial charge in [0.15, 0.2) is 0 Å². The minimum atomic E-state index is -0.148. The Morgan fingerprint density at radius 3 is 2.67 bits per heavy atom. The predicted octanol–water partition coefficient (Wildman–Crippen LogP) is 6.06. The topological polar surface area (TPSA) is 57.8 Å². The minimum Gasteiger partial charge on any atom is -0.337 e. The van der Waals surface area contributed by atoms with E-state index in [0.717, 1.165) is 27.3 Å². The molecule has 1 aliphatic rings. The number of aromatic amines is 1. The zero-order valence-electron chi connectivity index (χ0n) is 16.3. The van der Waals surface area contributed by atoms with Gasteiger partial charge < -0.3 is 10.3 Å². The molecule has 0 saturated carbocycles. The van der Waals surface area contributed by atoms with E-state index in [1.165, 1.54) is 34.0 Å². The second kappa shape index (κ2) is 7.50. The summed E-state index contributed by atoms with van der Waals surface area (Å²) in [6, 6.07) is 14.7. The zero-order chi connectivity index (χ0) is 20.8. The summed E-state index contributed by atoms with van der Waals surface area (Å²) < 4.78 is 0.492. The third kappa shape index (κ3) is 3.60. The molecule has 0 aliphatic carbocycles. The van der Waals surface area contributed by atoms with E-state index in [-0.39, 0.29) is 5.91 Å². The molecule has 1 aliphatic heterocycles. The highest BCUT2D eigenvalue weighted by atomic mass is 32.2. The first-order valence-corrected chi connectivity index (χ1v) is 11.5. The molecule has 0 atom stereocenters. The average molecular weight is 448 g/mol. The predicted molar refractivity (Wildman–Crippen MR) is 131 cm³/mol. The smallest absolute Gasteiger partial charge is 0.263 e. The summed E-state index contributed by atoms with van der Waals surface area (Å²) in [6.07, 6.45) is 1.84. The van der Waals surface area contributed by atoms with Crippen LogP contribution in [0.25, 0.3) is 38.9 Å². The number of hydrogen-bond donors (Lipinski definition) is 2. The maximum Gasteiger partial charge on any atom is 0.263 e. The van der Waals surface area contributed by atoms with E-state index < -0.39 is 0 Å². The van der Waals surface area contributed by atoms with E-state index in [9.17, 15) is 4.79 Å².